The lowest BCUT2D eigenvalue weighted by molar-refractivity contribution is -0.119. The Hall–Kier alpha value is -1.34. The Morgan fingerprint density at radius 2 is 1.36 bits per heavy atom. The Kier molecular flexibility index (Phi) is 18.5. The van der Waals surface area contributed by atoms with Gasteiger partial charge in [0.25, 0.3) is 0 Å². The number of amides is 3. The van der Waals surface area contributed by atoms with Crippen molar-refractivity contribution in [1.29, 1.82) is 0 Å². The molecule has 0 aliphatic heterocycles. The van der Waals surface area contributed by atoms with Gasteiger partial charge < -0.3 is 25.4 Å². The van der Waals surface area contributed by atoms with Crippen LogP contribution in [0.3, 0.4) is 0 Å². The number of hydrogen-bond acceptors (Lipinski definition) is 4. The van der Waals surface area contributed by atoms with Crippen molar-refractivity contribution in [2.45, 2.75) is 34.6 Å². The second kappa shape index (κ2) is 17.7. The van der Waals surface area contributed by atoms with Crippen LogP contribution in [0.25, 0.3) is 0 Å². The van der Waals surface area contributed by atoms with Gasteiger partial charge in [0.2, 0.25) is 5.91 Å². The van der Waals surface area contributed by atoms with Crippen LogP contribution in [-0.2, 0) is 14.3 Å². The first kappa shape index (κ1) is 22.9. The average molecular weight is 319 g/mol. The predicted octanol–water partition coefficient (Wildman–Crippen LogP) is 1.14. The van der Waals surface area contributed by atoms with Crippen molar-refractivity contribution in [2.75, 3.05) is 46.1 Å². The van der Waals surface area contributed by atoms with Crippen LogP contribution in [-0.4, -0.2) is 58.0 Å². The zero-order valence-corrected chi connectivity index (χ0v) is 14.7. The summed E-state index contributed by atoms with van der Waals surface area (Å²) in [5.74, 6) is 0.373. The van der Waals surface area contributed by atoms with E-state index in [0.717, 1.165) is 0 Å². The highest BCUT2D eigenvalue weighted by molar-refractivity contribution is 5.73. The molecule has 0 aliphatic rings. The van der Waals surface area contributed by atoms with Crippen molar-refractivity contribution in [1.82, 2.24) is 16.0 Å². The van der Waals surface area contributed by atoms with Gasteiger partial charge in [0.15, 0.2) is 0 Å². The molecular formula is C15H33N3O4. The van der Waals surface area contributed by atoms with Crippen molar-refractivity contribution in [3.8, 4) is 0 Å². The van der Waals surface area contributed by atoms with E-state index in [9.17, 15) is 9.59 Å². The van der Waals surface area contributed by atoms with Crippen molar-refractivity contribution in [3.05, 3.63) is 0 Å². The fraction of sp³-hybridized carbons (Fsp3) is 0.867. The Labute approximate surface area is 134 Å². The van der Waals surface area contributed by atoms with Gasteiger partial charge in [-0.25, -0.2) is 4.79 Å². The molecule has 0 heterocycles. The summed E-state index contributed by atoms with van der Waals surface area (Å²) in [6, 6.07) is -0.172. The highest BCUT2D eigenvalue weighted by atomic mass is 16.5. The Morgan fingerprint density at radius 1 is 0.864 bits per heavy atom. The van der Waals surface area contributed by atoms with Crippen LogP contribution in [0.2, 0.25) is 0 Å². The normalized spacial score (nSPS) is 9.73. The molecule has 0 saturated carbocycles. The molecule has 0 atom stereocenters. The van der Waals surface area contributed by atoms with Crippen molar-refractivity contribution >= 4 is 11.9 Å². The monoisotopic (exact) mass is 319 g/mol. The second-order valence-corrected chi connectivity index (χ2v) is 4.74. The van der Waals surface area contributed by atoms with E-state index in [-0.39, 0.29) is 11.9 Å². The summed E-state index contributed by atoms with van der Waals surface area (Å²) >= 11 is 0. The summed E-state index contributed by atoms with van der Waals surface area (Å²) in [6.07, 6.45) is 0. The van der Waals surface area contributed by atoms with Gasteiger partial charge in [0.05, 0.1) is 26.4 Å². The van der Waals surface area contributed by atoms with E-state index in [1.54, 1.807) is 0 Å². The fourth-order valence-electron chi connectivity index (χ4n) is 1.22. The molecule has 0 aromatic rings. The lowest BCUT2D eigenvalue weighted by atomic mass is 10.2. The molecule has 0 fully saturated rings. The lowest BCUT2D eigenvalue weighted by Crippen LogP contribution is -2.39. The molecule has 0 bridgehead atoms. The molecule has 7 heteroatoms. The molecule has 22 heavy (non-hydrogen) atoms. The average Bonchev–Trinajstić information content (AvgIpc) is 2.48. The summed E-state index contributed by atoms with van der Waals surface area (Å²) in [5, 5.41) is 8.08. The first-order chi connectivity index (χ1) is 10.5. The molecule has 0 rings (SSSR count). The molecule has 0 unspecified atom stereocenters. The topological polar surface area (TPSA) is 88.7 Å². The molecule has 0 saturated heterocycles. The van der Waals surface area contributed by atoms with E-state index in [2.05, 4.69) is 16.0 Å². The third-order valence-corrected chi connectivity index (χ3v) is 2.20. The molecule has 0 radical (unpaired) electrons. The van der Waals surface area contributed by atoms with Gasteiger partial charge in [-0.2, -0.15) is 0 Å². The minimum absolute atomic E-state index is 0.0633. The van der Waals surface area contributed by atoms with Gasteiger partial charge in [0.1, 0.15) is 0 Å². The minimum Gasteiger partial charge on any atom is -0.377 e. The van der Waals surface area contributed by atoms with Gasteiger partial charge in [-0.3, -0.25) is 4.79 Å². The van der Waals surface area contributed by atoms with E-state index < -0.39 is 0 Å². The summed E-state index contributed by atoms with van der Waals surface area (Å²) in [4.78, 5) is 21.8. The predicted molar refractivity (Wildman–Crippen MR) is 87.9 cm³/mol. The van der Waals surface area contributed by atoms with E-state index >= 15 is 0 Å². The van der Waals surface area contributed by atoms with Crippen LogP contribution in [0.5, 0.6) is 0 Å². The molecule has 0 aromatic carbocycles. The van der Waals surface area contributed by atoms with Gasteiger partial charge in [0, 0.05) is 26.6 Å². The van der Waals surface area contributed by atoms with Crippen LogP contribution in [0, 0.1) is 5.92 Å². The van der Waals surface area contributed by atoms with Crippen LogP contribution >= 0.6 is 0 Å². The molecule has 132 valence electrons. The third kappa shape index (κ3) is 21.0. The number of hydrogen-bond donors (Lipinski definition) is 3. The quantitative estimate of drug-likeness (QED) is 0.498. The molecule has 0 aliphatic carbocycles. The van der Waals surface area contributed by atoms with Crippen molar-refractivity contribution in [3.63, 3.8) is 0 Å². The maximum absolute atomic E-state index is 11.3. The molecule has 3 amide bonds. The van der Waals surface area contributed by atoms with Gasteiger partial charge >= 0.3 is 6.03 Å². The van der Waals surface area contributed by atoms with Crippen molar-refractivity contribution < 1.29 is 19.1 Å². The number of rotatable bonds is 11. The Balaban J connectivity index is 0. The second-order valence-electron chi connectivity index (χ2n) is 4.74. The lowest BCUT2D eigenvalue weighted by Gasteiger charge is -2.10. The van der Waals surface area contributed by atoms with Crippen LogP contribution < -0.4 is 16.0 Å². The SMILES string of the molecule is CC.CC(=O)NCCOCCOCCNC(=O)NCC(C)C. The number of carbonyl (C=O) groups is 2. The van der Waals surface area contributed by atoms with E-state index in [0.29, 0.717) is 52.0 Å². The van der Waals surface area contributed by atoms with E-state index in [1.165, 1.54) is 6.92 Å². The first-order valence-corrected chi connectivity index (χ1v) is 7.94. The highest BCUT2D eigenvalue weighted by Gasteiger charge is 2.00. The maximum Gasteiger partial charge on any atom is 0.314 e. The van der Waals surface area contributed by atoms with E-state index in [4.69, 9.17) is 9.47 Å². The summed E-state index contributed by atoms with van der Waals surface area (Å²) < 4.78 is 10.5. The van der Waals surface area contributed by atoms with Crippen molar-refractivity contribution in [2.24, 2.45) is 5.92 Å². The smallest absolute Gasteiger partial charge is 0.314 e. The number of nitrogens with one attached hydrogen (secondary N) is 3. The fourth-order valence-corrected chi connectivity index (χ4v) is 1.22. The zero-order chi connectivity index (χ0) is 17.2. The molecule has 0 spiro atoms. The summed E-state index contributed by atoms with van der Waals surface area (Å²) in [7, 11) is 0. The number of carbonyl (C=O) groups excluding carboxylic acids is 2. The third-order valence-electron chi connectivity index (χ3n) is 2.20. The standard InChI is InChI=1S/C13H27N3O4.C2H6/c1-11(2)10-16-13(18)15-5-7-20-9-8-19-6-4-14-12(3)17;1-2/h11H,4-10H2,1-3H3,(H,14,17)(H2,15,16,18);1-2H3. The van der Waals surface area contributed by atoms with Crippen LogP contribution in [0.15, 0.2) is 0 Å². The molecule has 0 aromatic heterocycles. The Morgan fingerprint density at radius 3 is 1.82 bits per heavy atom. The zero-order valence-electron chi connectivity index (χ0n) is 14.7. The summed E-state index contributed by atoms with van der Waals surface area (Å²) in [6.45, 7) is 13.0. The molecule has 7 nitrogen and oxygen atoms in total. The van der Waals surface area contributed by atoms with Gasteiger partial charge in [-0.1, -0.05) is 27.7 Å². The maximum atomic E-state index is 11.3. The minimum atomic E-state index is -0.172. The van der Waals surface area contributed by atoms with Gasteiger partial charge in [-0.05, 0) is 5.92 Å². The van der Waals surface area contributed by atoms with Crippen LogP contribution in [0.1, 0.15) is 34.6 Å². The van der Waals surface area contributed by atoms with Gasteiger partial charge in [-0.15, -0.1) is 0 Å². The number of ether oxygens (including phenoxy) is 2. The van der Waals surface area contributed by atoms with Crippen LogP contribution in [0.4, 0.5) is 4.79 Å². The molecule has 3 N–H and O–H groups in total. The highest BCUT2D eigenvalue weighted by Crippen LogP contribution is 1.86. The Bertz CT molecular complexity index is 274. The summed E-state index contributed by atoms with van der Waals surface area (Å²) in [5.41, 5.74) is 0. The number of urea groups is 1. The van der Waals surface area contributed by atoms with E-state index in [1.807, 2.05) is 27.7 Å². The largest absolute Gasteiger partial charge is 0.377 e. The molecular weight excluding hydrogens is 286 g/mol. The first-order valence-electron chi connectivity index (χ1n) is 7.94.